The molecule has 2 aromatic carbocycles. The normalized spacial score (nSPS) is 17.5. The zero-order valence-electron chi connectivity index (χ0n) is 17.9. The summed E-state index contributed by atoms with van der Waals surface area (Å²) >= 11 is 0. The van der Waals surface area contributed by atoms with E-state index < -0.39 is 6.10 Å². The maximum Gasteiger partial charge on any atom is 0.165 e. The zero-order chi connectivity index (χ0) is 22.2. The van der Waals surface area contributed by atoms with Gasteiger partial charge in [-0.3, -0.25) is 0 Å². The minimum atomic E-state index is -0.433. The minimum Gasteiger partial charge on any atom is -0.504 e. The van der Waals surface area contributed by atoms with Crippen LogP contribution in [0.15, 0.2) is 36.4 Å². The topological polar surface area (TPSA) is 97.6 Å². The van der Waals surface area contributed by atoms with E-state index in [-0.39, 0.29) is 24.9 Å². The summed E-state index contributed by atoms with van der Waals surface area (Å²) in [5.74, 6) is 1.30. The van der Waals surface area contributed by atoms with Gasteiger partial charge in [0.2, 0.25) is 0 Å². The third-order valence-electron chi connectivity index (χ3n) is 5.29. The van der Waals surface area contributed by atoms with Gasteiger partial charge >= 0.3 is 0 Å². The Bertz CT molecular complexity index is 894. The molecule has 2 aromatic rings. The highest BCUT2D eigenvalue weighted by molar-refractivity contribution is 5.62. The Hall–Kier alpha value is -2.74. The molecule has 7 nitrogen and oxygen atoms in total. The number of hydrogen-bond donors (Lipinski definition) is 3. The van der Waals surface area contributed by atoms with Crippen LogP contribution in [0, 0.1) is 0 Å². The second-order valence-corrected chi connectivity index (χ2v) is 7.31. The number of phenols is 1. The monoisotopic (exact) mass is 430 g/mol. The van der Waals surface area contributed by atoms with Crippen LogP contribution in [0.1, 0.15) is 41.6 Å². The van der Waals surface area contributed by atoms with Crippen molar-refractivity contribution in [3.8, 4) is 23.0 Å². The summed E-state index contributed by atoms with van der Waals surface area (Å²) in [6.45, 7) is 1.16. The molecule has 7 heteroatoms. The predicted octanol–water partition coefficient (Wildman–Crippen LogP) is 3.42. The fourth-order valence-corrected chi connectivity index (χ4v) is 3.68. The van der Waals surface area contributed by atoms with Crippen LogP contribution < -0.4 is 14.2 Å². The van der Waals surface area contributed by atoms with Crippen LogP contribution in [0.25, 0.3) is 6.08 Å². The number of benzene rings is 2. The molecule has 0 aliphatic carbocycles. The molecule has 31 heavy (non-hydrogen) atoms. The summed E-state index contributed by atoms with van der Waals surface area (Å²) in [4.78, 5) is 0. The SMILES string of the molecule is COc1cc(C2Oc3c(OC)cc(/C=C/COCCCCO)cc3C2CO)ccc1O. The number of rotatable bonds is 11. The lowest BCUT2D eigenvalue weighted by molar-refractivity contribution is 0.150. The number of aliphatic hydroxyl groups excluding tert-OH is 2. The van der Waals surface area contributed by atoms with Crippen molar-refractivity contribution in [2.45, 2.75) is 24.9 Å². The fraction of sp³-hybridized carbons (Fsp3) is 0.417. The lowest BCUT2D eigenvalue weighted by atomic mass is 9.90. The van der Waals surface area contributed by atoms with Crippen molar-refractivity contribution in [3.63, 3.8) is 0 Å². The first-order valence-electron chi connectivity index (χ1n) is 10.3. The van der Waals surface area contributed by atoms with E-state index in [4.69, 9.17) is 24.1 Å². The van der Waals surface area contributed by atoms with Crippen LogP contribution in [-0.2, 0) is 4.74 Å². The molecule has 3 rings (SSSR count). The van der Waals surface area contributed by atoms with Gasteiger partial charge in [0.05, 0.1) is 33.4 Å². The van der Waals surface area contributed by atoms with Crippen LogP contribution in [0.5, 0.6) is 23.0 Å². The van der Waals surface area contributed by atoms with Crippen LogP contribution in [0.4, 0.5) is 0 Å². The van der Waals surface area contributed by atoms with Crippen molar-refractivity contribution in [1.82, 2.24) is 0 Å². The zero-order valence-corrected chi connectivity index (χ0v) is 17.9. The van der Waals surface area contributed by atoms with Gasteiger partial charge in [-0.2, -0.15) is 0 Å². The van der Waals surface area contributed by atoms with Crippen LogP contribution in [0.2, 0.25) is 0 Å². The Morgan fingerprint density at radius 1 is 1.03 bits per heavy atom. The highest BCUT2D eigenvalue weighted by Crippen LogP contribution is 2.51. The molecule has 1 aliphatic rings. The quantitative estimate of drug-likeness (QED) is 0.470. The second kappa shape index (κ2) is 11.0. The number of fused-ring (bicyclic) bond motifs is 1. The van der Waals surface area contributed by atoms with Gasteiger partial charge in [-0.25, -0.2) is 0 Å². The summed E-state index contributed by atoms with van der Waals surface area (Å²) in [5, 5.41) is 28.8. The number of methoxy groups -OCH3 is 2. The molecule has 168 valence electrons. The number of hydrogen-bond acceptors (Lipinski definition) is 7. The van der Waals surface area contributed by atoms with E-state index in [0.717, 1.165) is 29.5 Å². The van der Waals surface area contributed by atoms with Gasteiger partial charge < -0.3 is 34.3 Å². The molecule has 0 saturated carbocycles. The smallest absolute Gasteiger partial charge is 0.165 e. The average molecular weight is 430 g/mol. The molecule has 0 spiro atoms. The van der Waals surface area contributed by atoms with Gasteiger partial charge in [0.25, 0.3) is 0 Å². The van der Waals surface area contributed by atoms with Crippen molar-refractivity contribution >= 4 is 6.08 Å². The molecule has 0 bridgehead atoms. The van der Waals surface area contributed by atoms with Crippen molar-refractivity contribution in [2.24, 2.45) is 0 Å². The molecule has 0 fully saturated rings. The molecular formula is C24H30O7. The number of unbranched alkanes of at least 4 members (excludes halogenated alkanes) is 1. The largest absolute Gasteiger partial charge is 0.504 e. The summed E-state index contributed by atoms with van der Waals surface area (Å²) in [7, 11) is 3.08. The molecular weight excluding hydrogens is 400 g/mol. The third kappa shape index (κ3) is 5.31. The average Bonchev–Trinajstić information content (AvgIpc) is 3.16. The van der Waals surface area contributed by atoms with Crippen molar-refractivity contribution in [3.05, 3.63) is 53.1 Å². The summed E-state index contributed by atoms with van der Waals surface area (Å²) in [6.07, 6.45) is 5.00. The summed E-state index contributed by atoms with van der Waals surface area (Å²) in [6, 6.07) is 8.91. The molecule has 1 heterocycles. The molecule has 0 saturated heterocycles. The Kier molecular flexibility index (Phi) is 8.17. The van der Waals surface area contributed by atoms with E-state index in [0.29, 0.717) is 30.5 Å². The van der Waals surface area contributed by atoms with Gasteiger partial charge in [-0.1, -0.05) is 18.2 Å². The van der Waals surface area contributed by atoms with E-state index >= 15 is 0 Å². The van der Waals surface area contributed by atoms with E-state index in [1.807, 2.05) is 24.3 Å². The van der Waals surface area contributed by atoms with Crippen molar-refractivity contribution < 1.29 is 34.3 Å². The molecule has 3 N–H and O–H groups in total. The molecule has 2 unspecified atom stereocenters. The highest BCUT2D eigenvalue weighted by atomic mass is 16.5. The first-order valence-corrected chi connectivity index (χ1v) is 10.3. The van der Waals surface area contributed by atoms with E-state index in [1.54, 1.807) is 25.3 Å². The lowest BCUT2D eigenvalue weighted by Crippen LogP contribution is -2.13. The Labute approximate surface area is 182 Å². The number of aliphatic hydroxyl groups is 2. The van der Waals surface area contributed by atoms with E-state index in [1.165, 1.54) is 7.11 Å². The van der Waals surface area contributed by atoms with Gasteiger partial charge in [-0.15, -0.1) is 0 Å². The van der Waals surface area contributed by atoms with Crippen LogP contribution in [-0.4, -0.2) is 56.0 Å². The third-order valence-corrected chi connectivity index (χ3v) is 5.29. The summed E-state index contributed by atoms with van der Waals surface area (Å²) in [5.41, 5.74) is 2.57. The van der Waals surface area contributed by atoms with Gasteiger partial charge in [0.1, 0.15) is 6.10 Å². The predicted molar refractivity (Wildman–Crippen MR) is 117 cm³/mol. The highest BCUT2D eigenvalue weighted by Gasteiger charge is 2.37. The van der Waals surface area contributed by atoms with Crippen LogP contribution in [0.3, 0.4) is 0 Å². The number of ether oxygens (including phenoxy) is 4. The van der Waals surface area contributed by atoms with Crippen molar-refractivity contribution in [2.75, 3.05) is 40.6 Å². The summed E-state index contributed by atoms with van der Waals surface area (Å²) < 4.78 is 22.5. The van der Waals surface area contributed by atoms with Gasteiger partial charge in [-0.05, 0) is 48.2 Å². The van der Waals surface area contributed by atoms with Crippen LogP contribution >= 0.6 is 0 Å². The lowest BCUT2D eigenvalue weighted by Gasteiger charge is -2.18. The standard InChI is InChI=1S/C24H30O7/c1-28-21-14-17(7-8-20(21)27)23-19(15-26)18-12-16(13-22(29-2)24(18)31-23)6-5-11-30-10-4-3-9-25/h5-8,12-14,19,23,25-27H,3-4,9-11,15H2,1-2H3/b6-5+. The number of phenolic OH excluding ortho intramolecular Hbond substituents is 1. The first-order chi connectivity index (χ1) is 15.1. The molecule has 0 amide bonds. The fourth-order valence-electron chi connectivity index (χ4n) is 3.68. The Balaban J connectivity index is 1.80. The maximum atomic E-state index is 10.1. The number of aromatic hydroxyl groups is 1. The second-order valence-electron chi connectivity index (χ2n) is 7.31. The maximum absolute atomic E-state index is 10.1. The van der Waals surface area contributed by atoms with Gasteiger partial charge in [0, 0.05) is 18.8 Å². The van der Waals surface area contributed by atoms with Crippen molar-refractivity contribution in [1.29, 1.82) is 0 Å². The molecule has 2 atom stereocenters. The first kappa shape index (κ1) is 22.9. The Morgan fingerprint density at radius 3 is 2.55 bits per heavy atom. The minimum absolute atomic E-state index is 0.0471. The van der Waals surface area contributed by atoms with E-state index in [9.17, 15) is 10.2 Å². The van der Waals surface area contributed by atoms with Gasteiger partial charge in [0.15, 0.2) is 23.0 Å². The molecule has 0 aromatic heterocycles. The van der Waals surface area contributed by atoms with E-state index in [2.05, 4.69) is 0 Å². The Morgan fingerprint density at radius 2 is 1.84 bits per heavy atom. The molecule has 1 aliphatic heterocycles. The molecule has 0 radical (unpaired) electrons.